The summed E-state index contributed by atoms with van der Waals surface area (Å²) in [5.41, 5.74) is 1.74. The van der Waals surface area contributed by atoms with Crippen molar-refractivity contribution in [2.75, 3.05) is 13.2 Å². The van der Waals surface area contributed by atoms with Gasteiger partial charge in [-0.05, 0) is 36.2 Å². The fourth-order valence-corrected chi connectivity index (χ4v) is 2.03. The van der Waals surface area contributed by atoms with Gasteiger partial charge in [-0.3, -0.25) is 9.59 Å². The first-order valence-corrected chi connectivity index (χ1v) is 7.90. The lowest BCUT2D eigenvalue weighted by atomic mass is 10.2. The summed E-state index contributed by atoms with van der Waals surface area (Å²) in [6.45, 7) is 1.98. The molecule has 2 rings (SSSR count). The second-order valence-electron chi connectivity index (χ2n) is 5.43. The van der Waals surface area contributed by atoms with Gasteiger partial charge >= 0.3 is 5.97 Å². The molecular formula is C19H20FNO4. The standard InChI is InChI=1S/C19H20FNO4/c1-14-4-2-3-5-17(14)24-11-10-19(23)25-13-18(22)21-12-15-6-8-16(20)9-7-15/h2-9H,10-13H2,1H3,(H,21,22). The van der Waals surface area contributed by atoms with Crippen LogP contribution >= 0.6 is 0 Å². The van der Waals surface area contributed by atoms with E-state index in [2.05, 4.69) is 5.32 Å². The van der Waals surface area contributed by atoms with E-state index >= 15 is 0 Å². The number of hydrogen-bond acceptors (Lipinski definition) is 4. The highest BCUT2D eigenvalue weighted by Gasteiger charge is 2.08. The number of amides is 1. The maximum Gasteiger partial charge on any atom is 0.309 e. The zero-order valence-electron chi connectivity index (χ0n) is 14.0. The number of ether oxygens (including phenoxy) is 2. The highest BCUT2D eigenvalue weighted by molar-refractivity contribution is 5.80. The largest absolute Gasteiger partial charge is 0.493 e. The molecule has 0 aromatic heterocycles. The smallest absolute Gasteiger partial charge is 0.309 e. The van der Waals surface area contributed by atoms with E-state index in [-0.39, 0.29) is 32.0 Å². The molecular weight excluding hydrogens is 325 g/mol. The molecule has 2 aromatic rings. The van der Waals surface area contributed by atoms with Crippen LogP contribution < -0.4 is 10.1 Å². The Morgan fingerprint density at radius 1 is 1.08 bits per heavy atom. The minimum Gasteiger partial charge on any atom is -0.493 e. The molecule has 0 aliphatic heterocycles. The molecule has 0 atom stereocenters. The van der Waals surface area contributed by atoms with E-state index in [1.165, 1.54) is 12.1 Å². The van der Waals surface area contributed by atoms with Gasteiger partial charge in [-0.15, -0.1) is 0 Å². The zero-order valence-corrected chi connectivity index (χ0v) is 14.0. The normalized spacial score (nSPS) is 10.2. The molecule has 1 N–H and O–H groups in total. The molecule has 2 aromatic carbocycles. The summed E-state index contributed by atoms with van der Waals surface area (Å²) in [7, 11) is 0. The predicted molar refractivity (Wildman–Crippen MR) is 90.5 cm³/mol. The van der Waals surface area contributed by atoms with Crippen LogP contribution in [0.1, 0.15) is 17.5 Å². The Labute approximate surface area is 145 Å². The summed E-state index contributed by atoms with van der Waals surface area (Å²) in [5.74, 6) is -0.549. The third kappa shape index (κ3) is 6.63. The van der Waals surface area contributed by atoms with Crippen LogP contribution in [0, 0.1) is 12.7 Å². The van der Waals surface area contributed by atoms with Crippen LogP contribution in [-0.2, 0) is 20.9 Å². The van der Waals surface area contributed by atoms with E-state index in [0.29, 0.717) is 5.75 Å². The molecule has 0 aliphatic carbocycles. The first-order chi connectivity index (χ1) is 12.0. The van der Waals surface area contributed by atoms with Crippen molar-refractivity contribution < 1.29 is 23.5 Å². The third-order valence-corrected chi connectivity index (χ3v) is 3.42. The Balaban J connectivity index is 1.61. The minimum absolute atomic E-state index is 0.0551. The number of hydrogen-bond donors (Lipinski definition) is 1. The molecule has 0 bridgehead atoms. The van der Waals surface area contributed by atoms with Gasteiger partial charge in [0.05, 0.1) is 13.0 Å². The van der Waals surface area contributed by atoms with Crippen molar-refractivity contribution in [1.82, 2.24) is 5.32 Å². The first-order valence-electron chi connectivity index (χ1n) is 7.90. The molecule has 0 radical (unpaired) electrons. The Bertz CT molecular complexity index is 716. The van der Waals surface area contributed by atoms with Crippen LogP contribution in [-0.4, -0.2) is 25.1 Å². The number of benzene rings is 2. The quantitative estimate of drug-likeness (QED) is 0.747. The lowest BCUT2D eigenvalue weighted by molar-refractivity contribution is -0.149. The Hall–Kier alpha value is -2.89. The predicted octanol–water partition coefficient (Wildman–Crippen LogP) is 2.76. The fraction of sp³-hybridized carbons (Fsp3) is 0.263. The average Bonchev–Trinajstić information content (AvgIpc) is 2.61. The number of esters is 1. The molecule has 132 valence electrons. The second kappa shape index (κ2) is 9.42. The van der Waals surface area contributed by atoms with E-state index in [1.54, 1.807) is 12.1 Å². The molecule has 0 saturated heterocycles. The van der Waals surface area contributed by atoms with Crippen LogP contribution in [0.15, 0.2) is 48.5 Å². The van der Waals surface area contributed by atoms with Crippen LogP contribution in [0.2, 0.25) is 0 Å². The van der Waals surface area contributed by atoms with E-state index in [1.807, 2.05) is 31.2 Å². The summed E-state index contributed by atoms with van der Waals surface area (Å²) in [4.78, 5) is 23.2. The van der Waals surface area contributed by atoms with E-state index in [4.69, 9.17) is 9.47 Å². The van der Waals surface area contributed by atoms with E-state index < -0.39 is 11.9 Å². The number of aryl methyl sites for hydroxylation is 1. The monoisotopic (exact) mass is 345 g/mol. The number of rotatable bonds is 8. The Morgan fingerprint density at radius 2 is 1.80 bits per heavy atom. The van der Waals surface area contributed by atoms with Gasteiger partial charge in [0, 0.05) is 6.54 Å². The number of para-hydroxylation sites is 1. The van der Waals surface area contributed by atoms with Crippen molar-refractivity contribution in [1.29, 1.82) is 0 Å². The van der Waals surface area contributed by atoms with Gasteiger partial charge in [0.2, 0.25) is 0 Å². The van der Waals surface area contributed by atoms with Crippen molar-refractivity contribution in [3.63, 3.8) is 0 Å². The highest BCUT2D eigenvalue weighted by Crippen LogP contribution is 2.16. The van der Waals surface area contributed by atoms with E-state index in [9.17, 15) is 14.0 Å². The number of carbonyl (C=O) groups excluding carboxylic acids is 2. The fourth-order valence-electron chi connectivity index (χ4n) is 2.03. The van der Waals surface area contributed by atoms with Crippen LogP contribution in [0.25, 0.3) is 0 Å². The number of halogens is 1. The van der Waals surface area contributed by atoms with Crippen molar-refractivity contribution in [3.05, 3.63) is 65.5 Å². The first kappa shape index (κ1) is 18.4. The highest BCUT2D eigenvalue weighted by atomic mass is 19.1. The van der Waals surface area contributed by atoms with Gasteiger partial charge < -0.3 is 14.8 Å². The summed E-state index contributed by atoms with van der Waals surface area (Å²) in [5, 5.41) is 2.59. The maximum atomic E-state index is 12.8. The SMILES string of the molecule is Cc1ccccc1OCCC(=O)OCC(=O)NCc1ccc(F)cc1. The van der Waals surface area contributed by atoms with Crippen molar-refractivity contribution in [2.24, 2.45) is 0 Å². The second-order valence-corrected chi connectivity index (χ2v) is 5.43. The number of nitrogens with one attached hydrogen (secondary N) is 1. The average molecular weight is 345 g/mol. The molecule has 25 heavy (non-hydrogen) atoms. The summed E-state index contributed by atoms with van der Waals surface area (Å²) >= 11 is 0. The van der Waals surface area contributed by atoms with Gasteiger partial charge in [0.15, 0.2) is 6.61 Å². The number of carbonyl (C=O) groups is 2. The Kier molecular flexibility index (Phi) is 6.95. The van der Waals surface area contributed by atoms with Crippen molar-refractivity contribution in [2.45, 2.75) is 19.9 Å². The maximum absolute atomic E-state index is 12.8. The third-order valence-electron chi connectivity index (χ3n) is 3.42. The lowest BCUT2D eigenvalue weighted by Crippen LogP contribution is -2.28. The van der Waals surface area contributed by atoms with Crippen LogP contribution in [0.3, 0.4) is 0 Å². The molecule has 0 spiro atoms. The van der Waals surface area contributed by atoms with Crippen molar-refractivity contribution in [3.8, 4) is 5.75 Å². The Morgan fingerprint density at radius 3 is 2.52 bits per heavy atom. The van der Waals surface area contributed by atoms with Gasteiger partial charge in [-0.2, -0.15) is 0 Å². The molecule has 0 fully saturated rings. The summed E-state index contributed by atoms with van der Waals surface area (Å²) < 4.78 is 23.2. The van der Waals surface area contributed by atoms with Gasteiger partial charge in [0.25, 0.3) is 5.91 Å². The minimum atomic E-state index is -0.509. The molecule has 6 heteroatoms. The van der Waals surface area contributed by atoms with Gasteiger partial charge in [-0.25, -0.2) is 4.39 Å². The molecule has 0 aliphatic rings. The molecule has 0 saturated carbocycles. The lowest BCUT2D eigenvalue weighted by Gasteiger charge is -2.09. The topological polar surface area (TPSA) is 64.6 Å². The van der Waals surface area contributed by atoms with Gasteiger partial charge in [-0.1, -0.05) is 30.3 Å². The van der Waals surface area contributed by atoms with E-state index in [0.717, 1.165) is 11.1 Å². The molecule has 1 amide bonds. The molecule has 0 heterocycles. The molecule has 0 unspecified atom stereocenters. The van der Waals surface area contributed by atoms with Crippen LogP contribution in [0.5, 0.6) is 5.75 Å². The van der Waals surface area contributed by atoms with Gasteiger partial charge in [0.1, 0.15) is 11.6 Å². The molecule has 5 nitrogen and oxygen atoms in total. The summed E-state index contributed by atoms with van der Waals surface area (Å²) in [6, 6.07) is 13.3. The summed E-state index contributed by atoms with van der Waals surface area (Å²) in [6.07, 6.45) is 0.0551. The zero-order chi connectivity index (χ0) is 18.1. The van der Waals surface area contributed by atoms with Crippen molar-refractivity contribution >= 4 is 11.9 Å². The van der Waals surface area contributed by atoms with Crippen LogP contribution in [0.4, 0.5) is 4.39 Å².